The summed E-state index contributed by atoms with van der Waals surface area (Å²) < 4.78 is 6.70. The third-order valence-corrected chi connectivity index (χ3v) is 3.69. The van der Waals surface area contributed by atoms with E-state index in [-0.39, 0.29) is 0 Å². The zero-order valence-electron chi connectivity index (χ0n) is 10.3. The Morgan fingerprint density at radius 2 is 2.12 bits per heavy atom. The summed E-state index contributed by atoms with van der Waals surface area (Å²) in [6.45, 7) is 6.27. The number of rotatable bonds is 4. The van der Waals surface area contributed by atoms with Gasteiger partial charge in [-0.25, -0.2) is 4.98 Å². The summed E-state index contributed by atoms with van der Waals surface area (Å²) in [5.41, 5.74) is 0.904. The minimum absolute atomic E-state index is 0.299. The van der Waals surface area contributed by atoms with Gasteiger partial charge in [0.05, 0.1) is 15.8 Å². The number of aliphatic hydroxyl groups is 1. The van der Waals surface area contributed by atoms with Crippen LogP contribution in [0.5, 0.6) is 5.75 Å². The highest BCUT2D eigenvalue weighted by atomic mass is 32.1. The van der Waals surface area contributed by atoms with Gasteiger partial charge in [-0.05, 0) is 19.1 Å². The Kier molecular flexibility index (Phi) is 3.64. The predicted octanol–water partition coefficient (Wildman–Crippen LogP) is 3.18. The van der Waals surface area contributed by atoms with Gasteiger partial charge in [0, 0.05) is 5.92 Å². The van der Waals surface area contributed by atoms with E-state index in [9.17, 15) is 5.11 Å². The van der Waals surface area contributed by atoms with Crippen molar-refractivity contribution in [2.75, 3.05) is 6.61 Å². The van der Waals surface area contributed by atoms with Crippen LogP contribution in [0.1, 0.15) is 31.7 Å². The topological polar surface area (TPSA) is 42.4 Å². The zero-order valence-corrected chi connectivity index (χ0v) is 11.1. The summed E-state index contributed by atoms with van der Waals surface area (Å²) in [4.78, 5) is 4.60. The van der Waals surface area contributed by atoms with Gasteiger partial charge in [0.25, 0.3) is 0 Å². The first-order valence-electron chi connectivity index (χ1n) is 5.78. The molecule has 92 valence electrons. The molecule has 2 rings (SSSR count). The number of aliphatic hydroxyl groups excluding tert-OH is 1. The molecule has 0 aliphatic heterocycles. The van der Waals surface area contributed by atoms with Crippen LogP contribution in [0.2, 0.25) is 0 Å². The molecular formula is C13H17NO2S. The van der Waals surface area contributed by atoms with Gasteiger partial charge in [0.1, 0.15) is 17.9 Å². The number of ether oxygens (including phenoxy) is 1. The Morgan fingerprint density at radius 1 is 1.35 bits per heavy atom. The second-order valence-corrected chi connectivity index (χ2v) is 5.53. The van der Waals surface area contributed by atoms with Crippen molar-refractivity contribution in [3.05, 3.63) is 23.2 Å². The summed E-state index contributed by atoms with van der Waals surface area (Å²) in [6.07, 6.45) is -0.464. The Hall–Kier alpha value is -1.13. The largest absolute Gasteiger partial charge is 0.489 e. The van der Waals surface area contributed by atoms with E-state index in [4.69, 9.17) is 4.74 Å². The number of hydrogen-bond donors (Lipinski definition) is 1. The molecule has 0 bridgehead atoms. The normalized spacial score (nSPS) is 13.2. The second kappa shape index (κ2) is 5.02. The van der Waals surface area contributed by atoms with Crippen molar-refractivity contribution in [3.63, 3.8) is 0 Å². The van der Waals surface area contributed by atoms with E-state index >= 15 is 0 Å². The third-order valence-electron chi connectivity index (χ3n) is 2.37. The van der Waals surface area contributed by atoms with Crippen LogP contribution in [0.15, 0.2) is 18.2 Å². The van der Waals surface area contributed by atoms with Gasteiger partial charge in [-0.3, -0.25) is 0 Å². The van der Waals surface area contributed by atoms with Crippen LogP contribution in [-0.2, 0) is 0 Å². The van der Waals surface area contributed by atoms with Crippen molar-refractivity contribution >= 4 is 21.6 Å². The Labute approximate surface area is 105 Å². The molecule has 1 atom stereocenters. The quantitative estimate of drug-likeness (QED) is 0.907. The summed E-state index contributed by atoms with van der Waals surface area (Å²) in [5.74, 6) is 1.18. The molecule has 1 heterocycles. The van der Waals surface area contributed by atoms with Gasteiger partial charge < -0.3 is 9.84 Å². The molecule has 1 N–H and O–H groups in total. The van der Waals surface area contributed by atoms with E-state index in [2.05, 4.69) is 18.8 Å². The summed E-state index contributed by atoms with van der Waals surface area (Å²) >= 11 is 1.70. The van der Waals surface area contributed by atoms with Gasteiger partial charge in [0.15, 0.2) is 0 Å². The van der Waals surface area contributed by atoms with Crippen molar-refractivity contribution in [3.8, 4) is 5.75 Å². The Morgan fingerprint density at radius 3 is 2.76 bits per heavy atom. The van der Waals surface area contributed by atoms with Crippen LogP contribution in [0.3, 0.4) is 0 Å². The number of benzene rings is 1. The van der Waals surface area contributed by atoms with Gasteiger partial charge >= 0.3 is 0 Å². The third kappa shape index (κ3) is 2.76. The number of fused-ring (bicyclic) bond motifs is 1. The molecule has 1 unspecified atom stereocenters. The maximum atomic E-state index is 9.24. The van der Waals surface area contributed by atoms with Crippen LogP contribution in [0, 0.1) is 0 Å². The predicted molar refractivity (Wildman–Crippen MR) is 70.9 cm³/mol. The first-order chi connectivity index (χ1) is 8.08. The number of aromatic nitrogens is 1. The molecule has 3 nitrogen and oxygen atoms in total. The highest BCUT2D eigenvalue weighted by Gasteiger charge is 2.11. The van der Waals surface area contributed by atoms with Crippen molar-refractivity contribution in [2.24, 2.45) is 0 Å². The molecule has 0 radical (unpaired) electrons. The standard InChI is InChI=1S/C13H17NO2S/c1-8(2)13-14-12-10(16-7-9(3)15)5-4-6-11(12)17-13/h4-6,8-9,15H,7H2,1-3H3. The van der Waals surface area contributed by atoms with E-state index in [1.165, 1.54) is 0 Å². The fourth-order valence-corrected chi connectivity index (χ4v) is 2.50. The molecular weight excluding hydrogens is 234 g/mol. The van der Waals surface area contributed by atoms with E-state index in [1.54, 1.807) is 18.3 Å². The Bertz CT molecular complexity index is 505. The zero-order chi connectivity index (χ0) is 12.4. The molecule has 0 aliphatic carbocycles. The van der Waals surface area contributed by atoms with Gasteiger partial charge in [-0.15, -0.1) is 11.3 Å². The molecule has 4 heteroatoms. The molecule has 0 spiro atoms. The first kappa shape index (κ1) is 12.3. The van der Waals surface area contributed by atoms with Crippen molar-refractivity contribution in [2.45, 2.75) is 32.8 Å². The van der Waals surface area contributed by atoms with E-state index in [1.807, 2.05) is 18.2 Å². The molecule has 1 aromatic heterocycles. The maximum Gasteiger partial charge on any atom is 0.146 e. The number of hydrogen-bond acceptors (Lipinski definition) is 4. The molecule has 17 heavy (non-hydrogen) atoms. The van der Waals surface area contributed by atoms with Crippen LogP contribution in [0.4, 0.5) is 0 Å². The molecule has 2 aromatic rings. The van der Waals surface area contributed by atoms with Crippen LogP contribution in [0.25, 0.3) is 10.2 Å². The lowest BCUT2D eigenvalue weighted by Crippen LogP contribution is -2.12. The molecule has 1 aromatic carbocycles. The molecule has 0 amide bonds. The lowest BCUT2D eigenvalue weighted by atomic mass is 10.2. The maximum absolute atomic E-state index is 9.24. The van der Waals surface area contributed by atoms with E-state index < -0.39 is 6.10 Å². The molecule has 0 saturated carbocycles. The number of thiazole rings is 1. The number of para-hydroxylation sites is 1. The smallest absolute Gasteiger partial charge is 0.146 e. The SMILES string of the molecule is CC(O)COc1cccc2sc(C(C)C)nc12. The van der Waals surface area contributed by atoms with Crippen molar-refractivity contribution in [1.82, 2.24) is 4.98 Å². The Balaban J connectivity index is 2.35. The minimum Gasteiger partial charge on any atom is -0.489 e. The van der Waals surface area contributed by atoms with Crippen LogP contribution in [-0.4, -0.2) is 22.8 Å². The highest BCUT2D eigenvalue weighted by molar-refractivity contribution is 7.18. The van der Waals surface area contributed by atoms with Gasteiger partial charge in [-0.1, -0.05) is 19.9 Å². The fraction of sp³-hybridized carbons (Fsp3) is 0.462. The van der Waals surface area contributed by atoms with Crippen molar-refractivity contribution in [1.29, 1.82) is 0 Å². The van der Waals surface area contributed by atoms with Gasteiger partial charge in [-0.2, -0.15) is 0 Å². The number of nitrogens with zero attached hydrogens (tertiary/aromatic N) is 1. The lowest BCUT2D eigenvalue weighted by molar-refractivity contribution is 0.123. The van der Waals surface area contributed by atoms with E-state index in [0.29, 0.717) is 12.5 Å². The van der Waals surface area contributed by atoms with Gasteiger partial charge in [0.2, 0.25) is 0 Å². The van der Waals surface area contributed by atoms with Crippen LogP contribution >= 0.6 is 11.3 Å². The highest BCUT2D eigenvalue weighted by Crippen LogP contribution is 2.32. The summed E-state index contributed by atoms with van der Waals surface area (Å²) in [6, 6.07) is 5.91. The second-order valence-electron chi connectivity index (χ2n) is 4.47. The lowest BCUT2D eigenvalue weighted by Gasteiger charge is -2.08. The average Bonchev–Trinajstić information content (AvgIpc) is 2.70. The molecule has 0 saturated heterocycles. The van der Waals surface area contributed by atoms with Crippen molar-refractivity contribution < 1.29 is 9.84 Å². The first-order valence-corrected chi connectivity index (χ1v) is 6.60. The molecule has 0 fully saturated rings. The van der Waals surface area contributed by atoms with Crippen LogP contribution < -0.4 is 4.74 Å². The minimum atomic E-state index is -0.464. The summed E-state index contributed by atoms with van der Waals surface area (Å²) in [7, 11) is 0. The molecule has 0 aliphatic rings. The fourth-order valence-electron chi connectivity index (χ4n) is 1.51. The average molecular weight is 251 g/mol. The summed E-state index contributed by atoms with van der Waals surface area (Å²) in [5, 5.41) is 10.4. The van der Waals surface area contributed by atoms with E-state index in [0.717, 1.165) is 21.0 Å². The monoisotopic (exact) mass is 251 g/mol.